The molecule has 2 aliphatic carbocycles. The number of nitrogens with one attached hydrogen (secondary N) is 1. The molecule has 1 amide bonds. The number of amides is 1. The van der Waals surface area contributed by atoms with Crippen LogP contribution in [0, 0.1) is 11.8 Å². The van der Waals surface area contributed by atoms with E-state index in [2.05, 4.69) is 52.5 Å². The van der Waals surface area contributed by atoms with E-state index >= 15 is 0 Å². The molecule has 1 aromatic heterocycles. The van der Waals surface area contributed by atoms with Crippen LogP contribution in [0.1, 0.15) is 31.2 Å². The molecule has 1 aromatic carbocycles. The molecule has 2 atom stereocenters. The highest BCUT2D eigenvalue weighted by Gasteiger charge is 2.30. The fourth-order valence-electron chi connectivity index (χ4n) is 4.08. The van der Waals surface area contributed by atoms with Crippen LogP contribution in [-0.4, -0.2) is 42.2 Å². The summed E-state index contributed by atoms with van der Waals surface area (Å²) in [5, 5.41) is 3.05. The van der Waals surface area contributed by atoms with Crippen LogP contribution >= 0.6 is 0 Å². The van der Waals surface area contributed by atoms with Gasteiger partial charge in [0.25, 0.3) is 0 Å². The number of nitrogens with zero attached hydrogens (tertiary/aromatic N) is 3. The molecule has 1 saturated carbocycles. The predicted molar refractivity (Wildman–Crippen MR) is 113 cm³/mol. The molecule has 6 heteroatoms. The molecule has 2 unspecified atom stereocenters. The number of carbonyl (C=O) groups excluding carboxylic acids is 1. The summed E-state index contributed by atoms with van der Waals surface area (Å²) in [4.78, 5) is 23.7. The van der Waals surface area contributed by atoms with E-state index in [1.54, 1.807) is 0 Å². The van der Waals surface area contributed by atoms with E-state index in [9.17, 15) is 4.79 Å². The topological polar surface area (TPSA) is 67.4 Å². The van der Waals surface area contributed by atoms with Crippen LogP contribution in [0.4, 0.5) is 5.82 Å². The van der Waals surface area contributed by atoms with Crippen LogP contribution in [0.5, 0.6) is 0 Å². The van der Waals surface area contributed by atoms with E-state index in [0.29, 0.717) is 5.92 Å². The fraction of sp³-hybridized carbons (Fsp3) is 0.435. The van der Waals surface area contributed by atoms with E-state index in [1.807, 2.05) is 12.3 Å². The molecule has 5 rings (SSSR count). The summed E-state index contributed by atoms with van der Waals surface area (Å²) in [6.45, 7) is 5.36. The lowest BCUT2D eigenvalue weighted by Gasteiger charge is -2.27. The first-order valence-corrected chi connectivity index (χ1v) is 10.5. The molecule has 150 valence electrons. The monoisotopic (exact) mass is 390 g/mol. The summed E-state index contributed by atoms with van der Waals surface area (Å²) in [5.74, 6) is 1.84. The van der Waals surface area contributed by atoms with Crippen LogP contribution in [0.25, 0.3) is 11.0 Å². The molecule has 1 aliphatic heterocycles. The second-order valence-electron chi connectivity index (χ2n) is 8.21. The number of anilines is 1. The first-order chi connectivity index (χ1) is 14.2. The van der Waals surface area contributed by atoms with Crippen molar-refractivity contribution in [1.82, 2.24) is 15.3 Å². The third kappa shape index (κ3) is 3.90. The van der Waals surface area contributed by atoms with Crippen LogP contribution in [0.15, 0.2) is 48.3 Å². The predicted octanol–water partition coefficient (Wildman–Crippen LogP) is 3.17. The lowest BCUT2D eigenvalue weighted by molar-refractivity contribution is -0.121. The van der Waals surface area contributed by atoms with Gasteiger partial charge in [-0.3, -0.25) is 9.78 Å². The highest BCUT2D eigenvalue weighted by Crippen LogP contribution is 2.34. The van der Waals surface area contributed by atoms with Crippen LogP contribution in [-0.2, 0) is 9.53 Å². The maximum Gasteiger partial charge on any atom is 0.227 e. The molecule has 2 fully saturated rings. The average Bonchev–Trinajstić information content (AvgIpc) is 3.59. The van der Waals surface area contributed by atoms with E-state index in [1.165, 1.54) is 5.56 Å². The van der Waals surface area contributed by atoms with Gasteiger partial charge >= 0.3 is 0 Å². The highest BCUT2D eigenvalue weighted by molar-refractivity contribution is 5.83. The van der Waals surface area contributed by atoms with Crippen molar-refractivity contribution >= 4 is 22.8 Å². The number of hydrogen-bond donors (Lipinski definition) is 1. The van der Waals surface area contributed by atoms with Gasteiger partial charge in [0.1, 0.15) is 5.82 Å². The lowest BCUT2D eigenvalue weighted by atomic mass is 9.83. The quantitative estimate of drug-likeness (QED) is 0.869. The van der Waals surface area contributed by atoms with Gasteiger partial charge in [0.2, 0.25) is 5.91 Å². The number of allylic oxidation sites excluding steroid dienone is 3. The molecular formula is C23H26N4O2. The summed E-state index contributed by atoms with van der Waals surface area (Å²) >= 11 is 0. The number of benzene rings is 1. The Balaban J connectivity index is 1.36. The standard InChI is InChI=1S/C23H26N4O2/c1-15-12-18(25-23(28)16-2-3-16)5-6-19(15)17-4-7-20-21(13-17)26-22(14-24-20)27-8-10-29-11-9-27/h4-7,12-16,19H,2-3,8-11H2,1H3,(H,25,28). The molecule has 1 saturated heterocycles. The third-order valence-corrected chi connectivity index (χ3v) is 5.98. The van der Waals surface area contributed by atoms with Crippen molar-refractivity contribution in [3.05, 3.63) is 53.9 Å². The Morgan fingerprint density at radius 3 is 2.79 bits per heavy atom. The van der Waals surface area contributed by atoms with Crippen molar-refractivity contribution < 1.29 is 9.53 Å². The van der Waals surface area contributed by atoms with E-state index < -0.39 is 0 Å². The summed E-state index contributed by atoms with van der Waals surface area (Å²) < 4.78 is 5.44. The van der Waals surface area contributed by atoms with Gasteiger partial charge in [-0.15, -0.1) is 0 Å². The van der Waals surface area contributed by atoms with Gasteiger partial charge in [0.05, 0.1) is 30.4 Å². The smallest absolute Gasteiger partial charge is 0.227 e. The lowest BCUT2D eigenvalue weighted by Crippen LogP contribution is -2.36. The highest BCUT2D eigenvalue weighted by atomic mass is 16.5. The van der Waals surface area contributed by atoms with Gasteiger partial charge < -0.3 is 15.0 Å². The molecule has 29 heavy (non-hydrogen) atoms. The van der Waals surface area contributed by atoms with Crippen molar-refractivity contribution in [3.8, 4) is 0 Å². The van der Waals surface area contributed by atoms with E-state index in [-0.39, 0.29) is 17.7 Å². The second kappa shape index (κ2) is 7.59. The molecular weight excluding hydrogens is 364 g/mol. The van der Waals surface area contributed by atoms with Crippen molar-refractivity contribution in [2.24, 2.45) is 11.8 Å². The Morgan fingerprint density at radius 2 is 2.03 bits per heavy atom. The van der Waals surface area contributed by atoms with Gasteiger partial charge in [-0.05, 0) is 42.5 Å². The van der Waals surface area contributed by atoms with Crippen molar-refractivity contribution in [3.63, 3.8) is 0 Å². The zero-order chi connectivity index (χ0) is 19.8. The Hall–Kier alpha value is -2.73. The van der Waals surface area contributed by atoms with Crippen molar-refractivity contribution in [2.75, 3.05) is 31.2 Å². The Morgan fingerprint density at radius 1 is 1.21 bits per heavy atom. The van der Waals surface area contributed by atoms with Gasteiger partial charge in [0, 0.05) is 30.6 Å². The molecule has 0 bridgehead atoms. The maximum absolute atomic E-state index is 12.0. The maximum atomic E-state index is 12.0. The molecule has 3 aliphatic rings. The number of fused-ring (bicyclic) bond motifs is 1. The minimum Gasteiger partial charge on any atom is -0.378 e. The second-order valence-corrected chi connectivity index (χ2v) is 8.21. The number of hydrogen-bond acceptors (Lipinski definition) is 5. The minimum atomic E-state index is 0.156. The van der Waals surface area contributed by atoms with Crippen LogP contribution in [0.3, 0.4) is 0 Å². The van der Waals surface area contributed by atoms with Gasteiger partial charge in [-0.1, -0.05) is 25.1 Å². The number of rotatable bonds is 4. The molecule has 0 radical (unpaired) electrons. The summed E-state index contributed by atoms with van der Waals surface area (Å²) in [6, 6.07) is 6.34. The van der Waals surface area contributed by atoms with Crippen LogP contribution in [0.2, 0.25) is 0 Å². The number of aromatic nitrogens is 2. The van der Waals surface area contributed by atoms with Crippen molar-refractivity contribution in [1.29, 1.82) is 0 Å². The number of morpholine rings is 1. The molecule has 2 heterocycles. The van der Waals surface area contributed by atoms with Crippen molar-refractivity contribution in [2.45, 2.75) is 25.7 Å². The normalized spacial score (nSPS) is 24.4. The Labute approximate surface area is 170 Å². The Bertz CT molecular complexity index is 990. The van der Waals surface area contributed by atoms with Gasteiger partial charge in [-0.2, -0.15) is 0 Å². The zero-order valence-electron chi connectivity index (χ0n) is 16.7. The first-order valence-electron chi connectivity index (χ1n) is 10.5. The molecule has 2 aromatic rings. The average molecular weight is 390 g/mol. The van der Waals surface area contributed by atoms with Gasteiger partial charge in [0.15, 0.2) is 0 Å². The molecule has 6 nitrogen and oxygen atoms in total. The first kappa shape index (κ1) is 18.3. The summed E-state index contributed by atoms with van der Waals surface area (Å²) in [5.41, 5.74) is 3.97. The molecule has 0 spiro atoms. The zero-order valence-corrected chi connectivity index (χ0v) is 16.7. The number of carbonyl (C=O) groups is 1. The minimum absolute atomic E-state index is 0.156. The SMILES string of the molecule is CC1C=C(NC(=O)C2CC2)C=CC1c1ccc2ncc(N3CCOCC3)nc2c1. The van der Waals surface area contributed by atoms with E-state index in [4.69, 9.17) is 9.72 Å². The largest absolute Gasteiger partial charge is 0.378 e. The van der Waals surface area contributed by atoms with Gasteiger partial charge in [-0.25, -0.2) is 4.98 Å². The number of ether oxygens (including phenoxy) is 1. The molecule has 1 N–H and O–H groups in total. The van der Waals surface area contributed by atoms with Crippen LogP contribution < -0.4 is 10.2 Å². The fourth-order valence-corrected chi connectivity index (χ4v) is 4.08. The van der Waals surface area contributed by atoms with E-state index in [0.717, 1.165) is 61.7 Å². The summed E-state index contributed by atoms with van der Waals surface area (Å²) in [7, 11) is 0. The third-order valence-electron chi connectivity index (χ3n) is 5.98. The Kier molecular flexibility index (Phi) is 4.79. The summed E-state index contributed by atoms with van der Waals surface area (Å²) in [6.07, 6.45) is 10.3.